The molecule has 3 heterocycles. The molecule has 4 bridgehead atoms. The summed E-state index contributed by atoms with van der Waals surface area (Å²) in [6, 6.07) is 14.4. The predicted octanol–water partition coefficient (Wildman–Crippen LogP) is 2.43. The number of H-pyrrole nitrogens is 1. The third-order valence-corrected chi connectivity index (χ3v) is 7.84. The van der Waals surface area contributed by atoms with Crippen LogP contribution >= 0.6 is 0 Å². The molecule has 11 nitrogen and oxygen atoms in total. The van der Waals surface area contributed by atoms with Gasteiger partial charge in [0.1, 0.15) is 17.3 Å². The Morgan fingerprint density at radius 2 is 1.77 bits per heavy atom. The van der Waals surface area contributed by atoms with E-state index in [4.69, 9.17) is 9.47 Å². The minimum absolute atomic E-state index is 0.0910. The number of carbonyl (C=O) groups excluding carboxylic acids is 3. The third kappa shape index (κ3) is 7.47. The van der Waals surface area contributed by atoms with Crippen molar-refractivity contribution in [1.29, 1.82) is 0 Å². The van der Waals surface area contributed by atoms with E-state index in [0.29, 0.717) is 48.1 Å². The van der Waals surface area contributed by atoms with Crippen molar-refractivity contribution in [3.8, 4) is 11.5 Å². The van der Waals surface area contributed by atoms with Crippen LogP contribution in [0.5, 0.6) is 11.5 Å². The van der Waals surface area contributed by atoms with Gasteiger partial charge < -0.3 is 29.6 Å². The lowest BCUT2D eigenvalue weighted by atomic mass is 10.0. The number of rotatable bonds is 3. The summed E-state index contributed by atoms with van der Waals surface area (Å²) in [5.74, 6) is 1.01. The average molecular weight is 588 g/mol. The first kappa shape index (κ1) is 30.0. The Morgan fingerprint density at radius 3 is 2.49 bits per heavy atom. The van der Waals surface area contributed by atoms with Crippen LogP contribution in [0.25, 0.3) is 0 Å². The van der Waals surface area contributed by atoms with Crippen LogP contribution in [0.4, 0.5) is 0 Å². The number of fused-ring (bicyclic) bond motifs is 5. The molecule has 1 saturated heterocycles. The first-order chi connectivity index (χ1) is 20.7. The Labute approximate surface area is 250 Å². The van der Waals surface area contributed by atoms with E-state index in [9.17, 15) is 19.2 Å². The maximum atomic E-state index is 13.3. The Kier molecular flexibility index (Phi) is 9.20. The molecular formula is C32H37N5O6. The molecule has 1 fully saturated rings. The highest BCUT2D eigenvalue weighted by Crippen LogP contribution is 2.25. The van der Waals surface area contributed by atoms with Crippen LogP contribution in [0, 0.1) is 13.8 Å². The standard InChI is InChI=1S/C32H37N5O6/c1-4-36-18-29(38)35-27-17-37(31(40)16-26-20(2)33-21(3)34-32(26)41)12-11-28(27)42-19-23-8-6-10-25(14-23)43-24-9-5-7-22(13-24)15-30(36)39/h5-10,13-14,27-28H,4,11-12,15-19H2,1-3H3,(H,35,38)(H,33,34,41)/t27-,28-/m0/s1. The van der Waals surface area contributed by atoms with E-state index >= 15 is 0 Å². The quantitative estimate of drug-likeness (QED) is 0.481. The molecular weight excluding hydrogens is 550 g/mol. The Hall–Kier alpha value is -4.51. The van der Waals surface area contributed by atoms with E-state index in [2.05, 4.69) is 15.3 Å². The van der Waals surface area contributed by atoms with Gasteiger partial charge in [-0.2, -0.15) is 0 Å². The highest BCUT2D eigenvalue weighted by Gasteiger charge is 2.34. The van der Waals surface area contributed by atoms with Crippen LogP contribution < -0.4 is 15.6 Å². The Bertz CT molecular complexity index is 1570. The van der Waals surface area contributed by atoms with Crippen LogP contribution in [0.1, 0.15) is 41.6 Å². The lowest BCUT2D eigenvalue weighted by Crippen LogP contribution is -2.58. The summed E-state index contributed by atoms with van der Waals surface area (Å²) in [5, 5.41) is 3.03. The number of likely N-dealkylation sites (N-methyl/N-ethyl adjacent to an activating group) is 1. The number of carbonyl (C=O) groups is 3. The number of ether oxygens (including phenoxy) is 2. The molecule has 43 heavy (non-hydrogen) atoms. The monoisotopic (exact) mass is 587 g/mol. The van der Waals surface area contributed by atoms with E-state index in [1.807, 2.05) is 55.5 Å². The molecule has 0 aliphatic carbocycles. The zero-order valence-electron chi connectivity index (χ0n) is 24.7. The number of hydrogen-bond donors (Lipinski definition) is 2. The van der Waals surface area contributed by atoms with E-state index in [1.165, 1.54) is 4.90 Å². The molecule has 3 amide bonds. The fourth-order valence-corrected chi connectivity index (χ4v) is 5.56. The molecule has 2 aliphatic heterocycles. The highest BCUT2D eigenvalue weighted by atomic mass is 16.5. The van der Waals surface area contributed by atoms with E-state index < -0.39 is 6.04 Å². The fourth-order valence-electron chi connectivity index (χ4n) is 5.56. The van der Waals surface area contributed by atoms with Crippen molar-refractivity contribution in [3.63, 3.8) is 0 Å². The van der Waals surface area contributed by atoms with Crippen molar-refractivity contribution in [3.05, 3.63) is 87.1 Å². The van der Waals surface area contributed by atoms with Crippen molar-refractivity contribution >= 4 is 17.7 Å². The maximum absolute atomic E-state index is 13.3. The summed E-state index contributed by atoms with van der Waals surface area (Å²) in [6.07, 6.45) is 0.144. The summed E-state index contributed by atoms with van der Waals surface area (Å²) in [5.41, 5.74) is 2.20. The summed E-state index contributed by atoms with van der Waals surface area (Å²) in [7, 11) is 0. The molecule has 0 saturated carbocycles. The molecule has 5 rings (SSSR count). The molecule has 11 heteroatoms. The van der Waals surface area contributed by atoms with Gasteiger partial charge in [-0.05, 0) is 62.6 Å². The summed E-state index contributed by atoms with van der Waals surface area (Å²) >= 11 is 0. The average Bonchev–Trinajstić information content (AvgIpc) is 2.97. The number of likely N-dealkylation sites (tertiary alicyclic amines) is 1. The van der Waals surface area contributed by atoms with Gasteiger partial charge in [0.25, 0.3) is 5.56 Å². The topological polar surface area (TPSA) is 134 Å². The SMILES string of the molecule is CCN1CC(=O)N[C@H]2CN(C(=O)Cc3c(C)nc(C)[nH]c3=O)CC[C@@H]2OCc2cccc(c2)Oc2cccc(c2)CC1=O. The number of aromatic nitrogens is 2. The van der Waals surface area contributed by atoms with Crippen molar-refractivity contribution in [1.82, 2.24) is 25.1 Å². The number of nitrogens with zero attached hydrogens (tertiary/aromatic N) is 3. The minimum Gasteiger partial charge on any atom is -0.457 e. The van der Waals surface area contributed by atoms with Crippen molar-refractivity contribution in [2.75, 3.05) is 26.2 Å². The first-order valence-electron chi connectivity index (χ1n) is 14.6. The van der Waals surface area contributed by atoms with Crippen molar-refractivity contribution < 1.29 is 23.9 Å². The van der Waals surface area contributed by atoms with Gasteiger partial charge in [0.2, 0.25) is 17.7 Å². The second-order valence-electron chi connectivity index (χ2n) is 11.0. The Balaban J connectivity index is 1.37. The summed E-state index contributed by atoms with van der Waals surface area (Å²) in [6.45, 7) is 6.38. The van der Waals surface area contributed by atoms with Gasteiger partial charge in [-0.25, -0.2) is 4.98 Å². The maximum Gasteiger partial charge on any atom is 0.254 e. The van der Waals surface area contributed by atoms with Crippen LogP contribution in [0.3, 0.4) is 0 Å². The molecule has 226 valence electrons. The highest BCUT2D eigenvalue weighted by molar-refractivity contribution is 5.86. The number of aromatic amines is 1. The molecule has 2 N–H and O–H groups in total. The van der Waals surface area contributed by atoms with Crippen LogP contribution in [0.15, 0.2) is 53.3 Å². The lowest BCUT2D eigenvalue weighted by Gasteiger charge is -2.39. The number of nitrogens with one attached hydrogen (secondary N) is 2. The predicted molar refractivity (Wildman–Crippen MR) is 159 cm³/mol. The molecule has 0 unspecified atom stereocenters. The zero-order chi connectivity index (χ0) is 30.5. The molecule has 2 aliphatic rings. The van der Waals surface area contributed by atoms with Gasteiger partial charge in [0.15, 0.2) is 0 Å². The van der Waals surface area contributed by atoms with Gasteiger partial charge >= 0.3 is 0 Å². The molecule has 0 radical (unpaired) electrons. The second-order valence-corrected chi connectivity index (χ2v) is 11.0. The molecule has 0 spiro atoms. The van der Waals surface area contributed by atoms with Gasteiger partial charge in [-0.15, -0.1) is 0 Å². The van der Waals surface area contributed by atoms with Crippen LogP contribution in [-0.2, 0) is 38.6 Å². The van der Waals surface area contributed by atoms with Gasteiger partial charge in [-0.3, -0.25) is 19.2 Å². The summed E-state index contributed by atoms with van der Waals surface area (Å²) < 4.78 is 12.4. The molecule has 2 aromatic carbocycles. The van der Waals surface area contributed by atoms with Gasteiger partial charge in [0.05, 0.1) is 38.1 Å². The van der Waals surface area contributed by atoms with Gasteiger partial charge in [-0.1, -0.05) is 24.3 Å². The van der Waals surface area contributed by atoms with E-state index in [-0.39, 0.29) is 61.9 Å². The van der Waals surface area contributed by atoms with Crippen LogP contribution in [-0.4, -0.2) is 75.8 Å². The number of aryl methyl sites for hydroxylation is 2. The molecule has 1 aromatic heterocycles. The van der Waals surface area contributed by atoms with E-state index in [1.54, 1.807) is 18.7 Å². The zero-order valence-corrected chi connectivity index (χ0v) is 24.7. The van der Waals surface area contributed by atoms with Crippen molar-refractivity contribution in [2.45, 2.75) is 58.8 Å². The lowest BCUT2D eigenvalue weighted by molar-refractivity contribution is -0.138. The fraction of sp³-hybridized carbons (Fsp3) is 0.406. The molecule has 2 atom stereocenters. The summed E-state index contributed by atoms with van der Waals surface area (Å²) in [4.78, 5) is 62.4. The van der Waals surface area contributed by atoms with Gasteiger partial charge in [0, 0.05) is 30.9 Å². The first-order valence-corrected chi connectivity index (χ1v) is 14.6. The number of amides is 3. The van der Waals surface area contributed by atoms with Crippen molar-refractivity contribution in [2.24, 2.45) is 0 Å². The molecule has 3 aromatic rings. The Morgan fingerprint density at radius 1 is 1.05 bits per heavy atom. The normalized spacial score (nSPS) is 19.6. The minimum atomic E-state index is -0.514. The number of hydrogen-bond acceptors (Lipinski definition) is 7. The number of benzene rings is 2. The van der Waals surface area contributed by atoms with Crippen LogP contribution in [0.2, 0.25) is 0 Å². The second kappa shape index (κ2) is 13.2. The largest absolute Gasteiger partial charge is 0.457 e. The third-order valence-electron chi connectivity index (χ3n) is 7.84. The number of piperidine rings is 1. The van der Waals surface area contributed by atoms with E-state index in [0.717, 1.165) is 11.1 Å². The smallest absolute Gasteiger partial charge is 0.254 e.